The van der Waals surface area contributed by atoms with E-state index < -0.39 is 5.41 Å². The first-order valence-electron chi connectivity index (χ1n) is 7.18. The minimum absolute atomic E-state index is 0.0568. The normalized spacial score (nSPS) is 13.9. The monoisotopic (exact) mass is 308 g/mol. The average Bonchev–Trinajstić information content (AvgIpc) is 2.65. The summed E-state index contributed by atoms with van der Waals surface area (Å²) >= 11 is 0. The molecule has 0 unspecified atom stereocenters. The van der Waals surface area contributed by atoms with Crippen LogP contribution in [0.1, 0.15) is 12.0 Å². The lowest BCUT2D eigenvalue weighted by Crippen LogP contribution is -2.20. The van der Waals surface area contributed by atoms with Gasteiger partial charge in [0.2, 0.25) is 0 Å². The van der Waals surface area contributed by atoms with Crippen molar-refractivity contribution in [3.8, 4) is 24.3 Å². The van der Waals surface area contributed by atoms with Crippen LogP contribution in [0.3, 0.4) is 0 Å². The number of nitriles is 4. The van der Waals surface area contributed by atoms with Crippen LogP contribution in [0.2, 0.25) is 0 Å². The summed E-state index contributed by atoms with van der Waals surface area (Å²) in [6, 6.07) is 16.9. The van der Waals surface area contributed by atoms with Gasteiger partial charge < -0.3 is 0 Å². The molecule has 0 atom stereocenters. The van der Waals surface area contributed by atoms with Crippen molar-refractivity contribution in [1.82, 2.24) is 0 Å². The second-order valence-corrected chi connectivity index (χ2v) is 5.18. The first-order valence-corrected chi connectivity index (χ1v) is 7.18. The average molecular weight is 308 g/mol. The summed E-state index contributed by atoms with van der Waals surface area (Å²) in [4.78, 5) is 0. The largest absolute Gasteiger partial charge is 0.192 e. The van der Waals surface area contributed by atoms with Crippen LogP contribution in [0.15, 0.2) is 71.9 Å². The molecular weight excluding hydrogens is 296 g/mol. The molecule has 0 fully saturated rings. The van der Waals surface area contributed by atoms with Crippen molar-refractivity contribution in [3.63, 3.8) is 0 Å². The third kappa shape index (κ3) is 3.31. The van der Waals surface area contributed by atoms with E-state index in [1.807, 2.05) is 72.8 Å². The fourth-order valence-electron chi connectivity index (χ4n) is 2.68. The Balaban J connectivity index is 2.76. The molecular formula is C20H12N4. The summed E-state index contributed by atoms with van der Waals surface area (Å²) in [6.45, 7) is 0. The Morgan fingerprint density at radius 2 is 1.42 bits per heavy atom. The fraction of sp³-hybridized carbons (Fsp3) is 0.100. The fourth-order valence-corrected chi connectivity index (χ4v) is 2.68. The molecule has 1 aliphatic rings. The highest BCUT2D eigenvalue weighted by Crippen LogP contribution is 2.45. The Morgan fingerprint density at radius 3 is 1.92 bits per heavy atom. The topological polar surface area (TPSA) is 95.2 Å². The summed E-state index contributed by atoms with van der Waals surface area (Å²) in [5.41, 5.74) is 0.728. The van der Waals surface area contributed by atoms with Gasteiger partial charge in [0.05, 0.1) is 0 Å². The van der Waals surface area contributed by atoms with E-state index in [0.717, 1.165) is 11.1 Å². The third-order valence-corrected chi connectivity index (χ3v) is 3.73. The standard InChI is InChI=1S/C20H12N4/c21-12-16(13-22)10-20(11-17(14-23)15-24)9-5-4-8-19(20)18-6-2-1-3-7-18/h1-8,10-11H,9H2. The van der Waals surface area contributed by atoms with Crippen molar-refractivity contribution in [3.05, 3.63) is 77.4 Å². The Hall–Kier alpha value is -3.86. The minimum Gasteiger partial charge on any atom is -0.192 e. The van der Waals surface area contributed by atoms with Crippen LogP contribution in [-0.4, -0.2) is 0 Å². The van der Waals surface area contributed by atoms with Crippen LogP contribution in [0.5, 0.6) is 0 Å². The third-order valence-electron chi connectivity index (χ3n) is 3.73. The Labute approximate surface area is 140 Å². The highest BCUT2D eigenvalue weighted by atomic mass is 14.4. The first kappa shape index (κ1) is 16.5. The summed E-state index contributed by atoms with van der Waals surface area (Å²) in [7, 11) is 0. The van der Waals surface area contributed by atoms with Crippen LogP contribution >= 0.6 is 0 Å². The van der Waals surface area contributed by atoms with Crippen molar-refractivity contribution in [2.24, 2.45) is 5.41 Å². The summed E-state index contributed by atoms with van der Waals surface area (Å²) < 4.78 is 0. The molecule has 0 heterocycles. The predicted octanol–water partition coefficient (Wildman–Crippen LogP) is 3.96. The van der Waals surface area contributed by atoms with Gasteiger partial charge in [0.15, 0.2) is 0 Å². The Morgan fingerprint density at radius 1 is 0.875 bits per heavy atom. The molecule has 0 spiro atoms. The summed E-state index contributed by atoms with van der Waals surface area (Å²) in [5.74, 6) is 0. The van der Waals surface area contributed by atoms with Crippen LogP contribution < -0.4 is 0 Å². The van der Waals surface area contributed by atoms with Crippen molar-refractivity contribution in [2.45, 2.75) is 6.42 Å². The van der Waals surface area contributed by atoms with E-state index in [1.54, 1.807) is 0 Å². The number of benzene rings is 1. The zero-order chi connectivity index (χ0) is 17.4. The van der Waals surface area contributed by atoms with Crippen molar-refractivity contribution >= 4 is 5.57 Å². The molecule has 0 N–H and O–H groups in total. The van der Waals surface area contributed by atoms with Crippen LogP contribution in [-0.2, 0) is 0 Å². The molecule has 0 aromatic heterocycles. The number of hydrogen-bond donors (Lipinski definition) is 0. The van der Waals surface area contributed by atoms with E-state index >= 15 is 0 Å². The van der Waals surface area contributed by atoms with Gasteiger partial charge in [-0.05, 0) is 29.7 Å². The van der Waals surface area contributed by atoms with Crippen molar-refractivity contribution in [1.29, 1.82) is 21.0 Å². The molecule has 0 aliphatic heterocycles. The van der Waals surface area contributed by atoms with Crippen molar-refractivity contribution in [2.75, 3.05) is 0 Å². The van der Waals surface area contributed by atoms with Crippen LogP contribution in [0.4, 0.5) is 0 Å². The number of rotatable bonds is 3. The van der Waals surface area contributed by atoms with E-state index in [1.165, 1.54) is 12.2 Å². The maximum atomic E-state index is 9.15. The molecule has 4 nitrogen and oxygen atoms in total. The highest BCUT2D eigenvalue weighted by molar-refractivity contribution is 5.78. The van der Waals surface area contributed by atoms with Gasteiger partial charge in [-0.15, -0.1) is 0 Å². The highest BCUT2D eigenvalue weighted by Gasteiger charge is 2.32. The quantitative estimate of drug-likeness (QED) is 0.789. The Kier molecular flexibility index (Phi) is 5.10. The molecule has 0 saturated heterocycles. The molecule has 0 bridgehead atoms. The molecule has 1 aromatic carbocycles. The minimum atomic E-state index is -0.891. The number of nitrogens with zero attached hydrogens (tertiary/aromatic N) is 4. The summed E-state index contributed by atoms with van der Waals surface area (Å²) in [5, 5.41) is 36.6. The first-order chi connectivity index (χ1) is 11.7. The molecule has 2 rings (SSSR count). The van der Waals surface area contributed by atoms with Crippen molar-refractivity contribution < 1.29 is 0 Å². The molecule has 0 saturated carbocycles. The maximum absolute atomic E-state index is 9.15. The van der Waals surface area contributed by atoms with Gasteiger partial charge in [0, 0.05) is 5.41 Å². The predicted molar refractivity (Wildman–Crippen MR) is 89.2 cm³/mol. The van der Waals surface area contributed by atoms with E-state index in [4.69, 9.17) is 21.0 Å². The van der Waals surface area contributed by atoms with Crippen LogP contribution in [0, 0.1) is 50.7 Å². The van der Waals surface area contributed by atoms with E-state index in [9.17, 15) is 0 Å². The lowest BCUT2D eigenvalue weighted by molar-refractivity contribution is 0.653. The zero-order valence-corrected chi connectivity index (χ0v) is 12.8. The van der Waals surface area contributed by atoms with Gasteiger partial charge >= 0.3 is 0 Å². The van der Waals surface area contributed by atoms with E-state index in [-0.39, 0.29) is 11.1 Å². The smallest absolute Gasteiger partial charge is 0.126 e. The summed E-state index contributed by atoms with van der Waals surface area (Å²) in [6.07, 6.45) is 9.17. The van der Waals surface area contributed by atoms with Gasteiger partial charge in [0.25, 0.3) is 0 Å². The number of hydrogen-bond acceptors (Lipinski definition) is 4. The zero-order valence-electron chi connectivity index (χ0n) is 12.8. The van der Waals surface area contributed by atoms with E-state index in [0.29, 0.717) is 6.42 Å². The molecule has 1 aromatic rings. The molecule has 24 heavy (non-hydrogen) atoms. The second-order valence-electron chi connectivity index (χ2n) is 5.18. The van der Waals surface area contributed by atoms with Gasteiger partial charge in [-0.1, -0.05) is 48.6 Å². The lowest BCUT2D eigenvalue weighted by atomic mass is 9.70. The second kappa shape index (κ2) is 7.42. The molecule has 4 heteroatoms. The SMILES string of the molecule is N#CC(C#N)=CC1(C=C(C#N)C#N)CC=CC=C1c1ccccc1. The molecule has 0 radical (unpaired) electrons. The molecule has 1 aliphatic carbocycles. The molecule has 112 valence electrons. The number of allylic oxidation sites excluding steroid dienone is 8. The lowest BCUT2D eigenvalue weighted by Gasteiger charge is -2.32. The molecule has 0 amide bonds. The van der Waals surface area contributed by atoms with Crippen LogP contribution in [0.25, 0.3) is 5.57 Å². The van der Waals surface area contributed by atoms with Gasteiger partial charge in [0.1, 0.15) is 35.4 Å². The van der Waals surface area contributed by atoms with E-state index in [2.05, 4.69) is 0 Å². The Bertz CT molecular complexity index is 843. The van der Waals surface area contributed by atoms with Gasteiger partial charge in [-0.25, -0.2) is 0 Å². The van der Waals surface area contributed by atoms with Gasteiger partial charge in [-0.3, -0.25) is 0 Å². The maximum Gasteiger partial charge on any atom is 0.126 e. The van der Waals surface area contributed by atoms with Gasteiger partial charge in [-0.2, -0.15) is 21.0 Å².